The fourth-order valence-electron chi connectivity index (χ4n) is 4.44. The maximum absolute atomic E-state index is 12.8. The zero-order chi connectivity index (χ0) is 28.6. The van der Waals surface area contributed by atoms with Crippen molar-refractivity contribution in [3.05, 3.63) is 45.5 Å². The molecule has 2 aliphatic rings. The lowest BCUT2D eigenvalue weighted by Gasteiger charge is -2.50. The van der Waals surface area contributed by atoms with Crippen LogP contribution in [0, 0.1) is 16.0 Å². The number of amides is 1. The van der Waals surface area contributed by atoms with Gasteiger partial charge in [-0.1, -0.05) is 0 Å². The molecule has 1 amide bonds. The Kier molecular flexibility index (Phi) is 9.99. The number of nitrogens with one attached hydrogen (secondary N) is 1. The molecule has 0 saturated carbocycles. The molecule has 0 aliphatic carbocycles. The summed E-state index contributed by atoms with van der Waals surface area (Å²) in [5.74, 6) is -3.95. The maximum atomic E-state index is 12.8. The molecule has 15 nitrogen and oxygen atoms in total. The first-order valence-electron chi connectivity index (χ1n) is 11.9. The Morgan fingerprint density at radius 1 is 1.21 bits per heavy atom. The van der Waals surface area contributed by atoms with Gasteiger partial charge in [-0.05, 0) is 30.5 Å². The lowest BCUT2D eigenvalue weighted by molar-refractivity contribution is -0.384. The van der Waals surface area contributed by atoms with E-state index in [2.05, 4.69) is 10.1 Å². The highest BCUT2D eigenvalue weighted by Crippen LogP contribution is 2.41. The van der Waals surface area contributed by atoms with Crippen LogP contribution in [0.3, 0.4) is 0 Å². The van der Waals surface area contributed by atoms with Crippen molar-refractivity contribution in [3.63, 3.8) is 0 Å². The fraction of sp³-hybridized carbons (Fsp3) is 0.565. The Balaban J connectivity index is 1.65. The summed E-state index contributed by atoms with van der Waals surface area (Å²) in [5.41, 5.74) is 7.42. The second kappa shape index (κ2) is 13.0. The van der Waals surface area contributed by atoms with Crippen molar-refractivity contribution in [1.29, 1.82) is 0 Å². The molecule has 0 spiro atoms. The van der Waals surface area contributed by atoms with E-state index in [-0.39, 0.29) is 50.0 Å². The van der Waals surface area contributed by atoms with Crippen LogP contribution in [0.4, 0.5) is 5.69 Å². The van der Waals surface area contributed by atoms with Crippen LogP contribution in [0.1, 0.15) is 24.8 Å². The van der Waals surface area contributed by atoms with Gasteiger partial charge in [-0.15, -0.1) is 0 Å². The number of sulfone groups is 1. The van der Waals surface area contributed by atoms with Crippen LogP contribution < -0.4 is 5.32 Å². The summed E-state index contributed by atoms with van der Waals surface area (Å²) in [7, 11) is -1.83. The van der Waals surface area contributed by atoms with Crippen LogP contribution >= 0.6 is 0 Å². The molecule has 212 valence electrons. The number of β-lactam (4-membered cyclic amide) rings is 1. The Morgan fingerprint density at radius 2 is 1.87 bits per heavy atom. The normalized spacial score (nSPS) is 21.1. The molecule has 1 N–H and O–H groups in total. The van der Waals surface area contributed by atoms with Crippen LogP contribution in [0.2, 0.25) is 0 Å². The summed E-state index contributed by atoms with van der Waals surface area (Å²) in [6.07, 6.45) is -0.432. The van der Waals surface area contributed by atoms with Crippen molar-refractivity contribution in [3.8, 4) is 0 Å². The van der Waals surface area contributed by atoms with E-state index in [1.54, 1.807) is 0 Å². The average molecular weight is 569 g/mol. The third kappa shape index (κ3) is 7.52. The molecule has 2 fully saturated rings. The third-order valence-corrected chi connectivity index (χ3v) is 8.25. The van der Waals surface area contributed by atoms with Crippen molar-refractivity contribution in [2.24, 2.45) is 5.92 Å². The number of non-ortho nitro benzene ring substituents is 1. The number of hydrogen-bond acceptors (Lipinski definition) is 11. The number of ether oxygens (including phenoxy) is 4. The van der Waals surface area contributed by atoms with Gasteiger partial charge in [0, 0.05) is 25.7 Å². The average Bonchev–Trinajstić information content (AvgIpc) is 2.89. The zero-order valence-corrected chi connectivity index (χ0v) is 21.9. The number of benzene rings is 1. The SMILES string of the molecule is COCCOCOC1([C@@H]2C(=O)N[C@@H]2CC(=O)C(=[N+]=[N-])C(=O)OCc2ccc([N+](=O)[O-])cc2)CCS(=O)(=O)CC1. The standard InChI is InChI=1S/C23H28N4O11S/c1-35-8-9-36-14-38-23(6-10-39(33,34)11-7-23)19-17(25-21(19)29)12-18(28)20(26-24)22(30)37-13-15-2-4-16(5-3-15)27(31)32/h2-5,17,19H,6-14H2,1H3,(H,25,29)/t17-,19+/m1/s1. The molecular weight excluding hydrogens is 540 g/mol. The molecule has 1 aromatic carbocycles. The molecule has 2 saturated heterocycles. The molecule has 2 atom stereocenters. The molecule has 0 aromatic heterocycles. The predicted molar refractivity (Wildman–Crippen MR) is 131 cm³/mol. The second-order valence-electron chi connectivity index (χ2n) is 9.05. The maximum Gasteiger partial charge on any atom is 0.441 e. The highest BCUT2D eigenvalue weighted by atomic mass is 32.2. The largest absolute Gasteiger partial charge is 0.452 e. The summed E-state index contributed by atoms with van der Waals surface area (Å²) in [5, 5.41) is 13.3. The van der Waals surface area contributed by atoms with E-state index in [1.165, 1.54) is 31.4 Å². The highest BCUT2D eigenvalue weighted by Gasteiger charge is 2.57. The Bertz CT molecular complexity index is 1250. The van der Waals surface area contributed by atoms with Crippen LogP contribution in [0.25, 0.3) is 5.53 Å². The van der Waals surface area contributed by atoms with Gasteiger partial charge in [-0.2, -0.15) is 4.79 Å². The van der Waals surface area contributed by atoms with E-state index in [0.717, 1.165) is 0 Å². The Hall–Kier alpha value is -3.56. The molecule has 2 heterocycles. The van der Waals surface area contributed by atoms with Crippen molar-refractivity contribution in [2.75, 3.05) is 38.6 Å². The molecule has 0 unspecified atom stereocenters. The minimum absolute atomic E-state index is 0.00394. The highest BCUT2D eigenvalue weighted by molar-refractivity contribution is 7.91. The van der Waals surface area contributed by atoms with Gasteiger partial charge in [-0.3, -0.25) is 19.7 Å². The van der Waals surface area contributed by atoms with Gasteiger partial charge in [0.25, 0.3) is 11.5 Å². The van der Waals surface area contributed by atoms with Crippen molar-refractivity contribution in [1.82, 2.24) is 5.32 Å². The van der Waals surface area contributed by atoms with Crippen LogP contribution in [-0.4, -0.2) is 91.8 Å². The van der Waals surface area contributed by atoms with E-state index in [1.807, 2.05) is 0 Å². The zero-order valence-electron chi connectivity index (χ0n) is 21.1. The quantitative estimate of drug-likeness (QED) is 0.0300. The number of hydrogen-bond donors (Lipinski definition) is 1. The first-order chi connectivity index (χ1) is 18.5. The number of carbonyl (C=O) groups is 3. The van der Waals surface area contributed by atoms with Gasteiger partial charge in [0.2, 0.25) is 5.91 Å². The van der Waals surface area contributed by atoms with Gasteiger partial charge < -0.3 is 29.8 Å². The topological polar surface area (TPSA) is 214 Å². The molecule has 39 heavy (non-hydrogen) atoms. The molecule has 3 rings (SSSR count). The number of nitrogens with zero attached hydrogens (tertiary/aromatic N) is 3. The van der Waals surface area contributed by atoms with E-state index in [0.29, 0.717) is 12.2 Å². The summed E-state index contributed by atoms with van der Waals surface area (Å²) in [6, 6.07) is 4.32. The minimum atomic E-state index is -3.32. The molecule has 0 radical (unpaired) electrons. The second-order valence-corrected chi connectivity index (χ2v) is 11.4. The van der Waals surface area contributed by atoms with Crippen molar-refractivity contribution < 1.29 is 51.5 Å². The van der Waals surface area contributed by atoms with E-state index < -0.39 is 62.1 Å². The monoisotopic (exact) mass is 568 g/mol. The van der Waals surface area contributed by atoms with E-state index >= 15 is 0 Å². The number of esters is 1. The van der Waals surface area contributed by atoms with Crippen LogP contribution in [0.15, 0.2) is 24.3 Å². The molecule has 1 aromatic rings. The van der Waals surface area contributed by atoms with Gasteiger partial charge in [-0.25, -0.2) is 13.2 Å². The number of carbonyl (C=O) groups excluding carboxylic acids is 3. The smallest absolute Gasteiger partial charge is 0.441 e. The third-order valence-electron chi connectivity index (χ3n) is 6.59. The predicted octanol–water partition coefficient (Wildman–Crippen LogP) is -0.0329. The van der Waals surface area contributed by atoms with Gasteiger partial charge in [0.05, 0.1) is 47.2 Å². The number of nitro groups is 1. The van der Waals surface area contributed by atoms with Crippen LogP contribution in [-0.2, 0) is 49.8 Å². The Morgan fingerprint density at radius 3 is 2.44 bits per heavy atom. The molecule has 0 bridgehead atoms. The summed E-state index contributed by atoms with van der Waals surface area (Å²) >= 11 is 0. The number of methoxy groups -OCH3 is 1. The number of ketones is 1. The number of Topliss-reactive ketones (excluding diaryl/α,β-unsaturated/α-hetero) is 1. The number of rotatable bonds is 14. The summed E-state index contributed by atoms with van der Waals surface area (Å²) < 4.78 is 45.3. The summed E-state index contributed by atoms with van der Waals surface area (Å²) in [6.45, 7) is -0.0656. The molecule has 2 aliphatic heterocycles. The van der Waals surface area contributed by atoms with Gasteiger partial charge in [0.1, 0.15) is 13.4 Å². The fourth-order valence-corrected chi connectivity index (χ4v) is 5.96. The first-order valence-corrected chi connectivity index (χ1v) is 13.7. The minimum Gasteiger partial charge on any atom is -0.452 e. The Labute approximate surface area is 223 Å². The van der Waals surface area contributed by atoms with Gasteiger partial charge in [0.15, 0.2) is 9.84 Å². The lowest BCUT2D eigenvalue weighted by atomic mass is 9.71. The van der Waals surface area contributed by atoms with E-state index in [9.17, 15) is 38.4 Å². The van der Waals surface area contributed by atoms with Crippen molar-refractivity contribution in [2.45, 2.75) is 37.5 Å². The molecular formula is C23H28N4O11S. The lowest BCUT2D eigenvalue weighted by Crippen LogP contribution is -2.69. The van der Waals surface area contributed by atoms with Crippen molar-refractivity contribution >= 4 is 38.9 Å². The number of nitro benzene ring substituents is 1. The molecule has 16 heteroatoms. The van der Waals surface area contributed by atoms with E-state index in [4.69, 9.17) is 18.9 Å². The first kappa shape index (κ1) is 30.0. The van der Waals surface area contributed by atoms with Crippen LogP contribution in [0.5, 0.6) is 0 Å². The summed E-state index contributed by atoms with van der Waals surface area (Å²) in [4.78, 5) is 50.8. The van der Waals surface area contributed by atoms with Gasteiger partial charge >= 0.3 is 11.7 Å².